The van der Waals surface area contributed by atoms with Crippen LogP contribution in [0.1, 0.15) is 33.3 Å². The molecule has 1 aromatic heterocycles. The molecule has 8 heteroatoms. The molecule has 26 heavy (non-hydrogen) atoms. The van der Waals surface area contributed by atoms with E-state index in [4.69, 9.17) is 9.47 Å². The molecule has 0 fully saturated rings. The van der Waals surface area contributed by atoms with Crippen LogP contribution in [-0.4, -0.2) is 39.8 Å². The predicted molar refractivity (Wildman–Crippen MR) is 94.1 cm³/mol. The van der Waals surface area contributed by atoms with Crippen LogP contribution in [-0.2, 0) is 20.7 Å². The van der Waals surface area contributed by atoms with Crippen LogP contribution < -0.4 is 10.1 Å². The molecule has 0 aliphatic rings. The number of benzene rings is 1. The Labute approximate surface area is 150 Å². The second-order valence-corrected chi connectivity index (χ2v) is 6.83. The lowest BCUT2D eigenvalue weighted by Crippen LogP contribution is -2.44. The first kappa shape index (κ1) is 19.3. The number of aliphatic carboxylic acids is 1. The molecule has 0 bridgehead atoms. The Morgan fingerprint density at radius 1 is 1.27 bits per heavy atom. The Morgan fingerprint density at radius 3 is 2.54 bits per heavy atom. The number of rotatable bonds is 5. The number of carbonyl (C=O) groups is 3. The molecule has 2 rings (SSSR count). The van der Waals surface area contributed by atoms with Gasteiger partial charge in [0.05, 0.1) is 5.52 Å². The molecule has 1 atom stereocenters. The summed E-state index contributed by atoms with van der Waals surface area (Å²) in [5, 5.41) is 12.5. The highest BCUT2D eigenvalue weighted by Crippen LogP contribution is 2.28. The second-order valence-electron chi connectivity index (χ2n) is 6.83. The van der Waals surface area contributed by atoms with Gasteiger partial charge in [0.1, 0.15) is 11.6 Å². The number of carboxylic acids is 1. The number of nitrogens with one attached hydrogen (secondary N) is 2. The van der Waals surface area contributed by atoms with Crippen molar-refractivity contribution in [1.82, 2.24) is 10.3 Å². The third kappa shape index (κ3) is 4.98. The number of ether oxygens (including phenoxy) is 2. The van der Waals surface area contributed by atoms with Crippen molar-refractivity contribution in [2.24, 2.45) is 0 Å². The third-order valence-corrected chi connectivity index (χ3v) is 3.43. The number of aromatic nitrogens is 1. The fourth-order valence-electron chi connectivity index (χ4n) is 2.46. The van der Waals surface area contributed by atoms with Gasteiger partial charge in [0.2, 0.25) is 0 Å². The number of aromatic amines is 1. The molecule has 1 heterocycles. The van der Waals surface area contributed by atoms with Gasteiger partial charge in [0.15, 0.2) is 5.75 Å². The van der Waals surface area contributed by atoms with Crippen molar-refractivity contribution >= 4 is 28.9 Å². The van der Waals surface area contributed by atoms with Crippen LogP contribution in [0.2, 0.25) is 0 Å². The van der Waals surface area contributed by atoms with Crippen LogP contribution in [0.3, 0.4) is 0 Å². The summed E-state index contributed by atoms with van der Waals surface area (Å²) < 4.78 is 10.2. The summed E-state index contributed by atoms with van der Waals surface area (Å²) in [4.78, 5) is 37.6. The topological polar surface area (TPSA) is 118 Å². The zero-order chi connectivity index (χ0) is 19.5. The highest BCUT2D eigenvalue weighted by Gasteiger charge is 2.25. The highest BCUT2D eigenvalue weighted by molar-refractivity contribution is 5.91. The summed E-state index contributed by atoms with van der Waals surface area (Å²) in [5.41, 5.74) is 0.518. The van der Waals surface area contributed by atoms with E-state index in [9.17, 15) is 19.5 Å². The maximum absolute atomic E-state index is 11.9. The second kappa shape index (κ2) is 7.47. The third-order valence-electron chi connectivity index (χ3n) is 3.43. The van der Waals surface area contributed by atoms with Gasteiger partial charge >= 0.3 is 18.0 Å². The molecule has 2 aromatic rings. The fourth-order valence-corrected chi connectivity index (χ4v) is 2.46. The van der Waals surface area contributed by atoms with Crippen LogP contribution in [0.4, 0.5) is 4.79 Å². The summed E-state index contributed by atoms with van der Waals surface area (Å²) in [6.45, 7) is 6.38. The van der Waals surface area contributed by atoms with Crippen LogP contribution in [0.25, 0.3) is 10.9 Å². The number of alkyl carbamates (subject to hydrolysis) is 1. The normalized spacial score (nSPS) is 12.5. The number of carboxylic acid groups (broad SMARTS) is 1. The zero-order valence-electron chi connectivity index (χ0n) is 15.1. The quantitative estimate of drug-likeness (QED) is 0.556. The Balaban J connectivity index is 2.23. The zero-order valence-corrected chi connectivity index (χ0v) is 15.1. The molecule has 1 amide bonds. The van der Waals surface area contributed by atoms with E-state index < -0.39 is 29.7 Å². The molecule has 140 valence electrons. The maximum atomic E-state index is 11.9. The van der Waals surface area contributed by atoms with E-state index in [1.807, 2.05) is 0 Å². The molecular formula is C18H22N2O6. The lowest BCUT2D eigenvalue weighted by atomic mass is 10.0. The molecular weight excluding hydrogens is 340 g/mol. The molecule has 0 aliphatic carbocycles. The largest absolute Gasteiger partial charge is 0.480 e. The van der Waals surface area contributed by atoms with E-state index in [2.05, 4.69) is 10.3 Å². The first-order chi connectivity index (χ1) is 12.1. The van der Waals surface area contributed by atoms with Gasteiger partial charge in [-0.25, -0.2) is 9.59 Å². The average molecular weight is 362 g/mol. The lowest BCUT2D eigenvalue weighted by Gasteiger charge is -2.22. The number of fused-ring (bicyclic) bond motifs is 1. The number of para-hydroxylation sites is 1. The first-order valence-electron chi connectivity index (χ1n) is 8.06. The van der Waals surface area contributed by atoms with Crippen molar-refractivity contribution in [3.8, 4) is 5.75 Å². The predicted octanol–water partition coefficient (Wildman–Crippen LogP) is 2.61. The minimum absolute atomic E-state index is 0.0398. The minimum Gasteiger partial charge on any atom is -0.480 e. The van der Waals surface area contributed by atoms with Gasteiger partial charge in [-0.2, -0.15) is 0 Å². The Kier molecular flexibility index (Phi) is 5.54. The molecule has 0 saturated heterocycles. The summed E-state index contributed by atoms with van der Waals surface area (Å²) >= 11 is 0. The van der Waals surface area contributed by atoms with Gasteiger partial charge in [-0.1, -0.05) is 12.1 Å². The van der Waals surface area contributed by atoms with Crippen molar-refractivity contribution < 1.29 is 29.0 Å². The Hall–Kier alpha value is -3.03. The SMILES string of the molecule is CC(=O)Oc1cccc2c(C[C@H](NC(=O)OC(C)(C)C)C(=O)O)c[nH]c12. The Bertz CT molecular complexity index is 834. The molecule has 3 N–H and O–H groups in total. The monoisotopic (exact) mass is 362 g/mol. The van der Waals surface area contributed by atoms with E-state index in [0.717, 1.165) is 0 Å². The highest BCUT2D eigenvalue weighted by atomic mass is 16.6. The van der Waals surface area contributed by atoms with E-state index in [0.29, 0.717) is 22.2 Å². The van der Waals surface area contributed by atoms with Gasteiger partial charge in [-0.15, -0.1) is 0 Å². The summed E-state index contributed by atoms with van der Waals surface area (Å²) in [7, 11) is 0. The van der Waals surface area contributed by atoms with Crippen molar-refractivity contribution in [2.75, 3.05) is 0 Å². The number of H-pyrrole nitrogens is 1. The van der Waals surface area contributed by atoms with E-state index >= 15 is 0 Å². The Morgan fingerprint density at radius 2 is 1.96 bits per heavy atom. The fraction of sp³-hybridized carbons (Fsp3) is 0.389. The summed E-state index contributed by atoms with van der Waals surface area (Å²) in [5.74, 6) is -1.28. The molecule has 1 aromatic carbocycles. The van der Waals surface area contributed by atoms with Gasteiger partial charge in [-0.3, -0.25) is 4.79 Å². The first-order valence-corrected chi connectivity index (χ1v) is 8.06. The smallest absolute Gasteiger partial charge is 0.408 e. The number of hydrogen-bond acceptors (Lipinski definition) is 5. The van der Waals surface area contributed by atoms with E-state index in [1.165, 1.54) is 6.92 Å². The summed E-state index contributed by atoms with van der Waals surface area (Å²) in [6, 6.07) is 3.95. The van der Waals surface area contributed by atoms with E-state index in [-0.39, 0.29) is 6.42 Å². The maximum Gasteiger partial charge on any atom is 0.408 e. The van der Waals surface area contributed by atoms with E-state index in [1.54, 1.807) is 45.2 Å². The summed E-state index contributed by atoms with van der Waals surface area (Å²) in [6.07, 6.45) is 0.869. The molecule has 8 nitrogen and oxygen atoms in total. The molecule has 0 aliphatic heterocycles. The number of carbonyl (C=O) groups excluding carboxylic acids is 2. The van der Waals surface area contributed by atoms with Crippen LogP contribution in [0, 0.1) is 0 Å². The molecule has 0 spiro atoms. The number of esters is 1. The minimum atomic E-state index is -1.18. The number of amides is 1. The van der Waals surface area contributed by atoms with Crippen molar-refractivity contribution in [2.45, 2.75) is 45.8 Å². The van der Waals surface area contributed by atoms with Crippen LogP contribution >= 0.6 is 0 Å². The van der Waals surface area contributed by atoms with Gasteiger partial charge in [0.25, 0.3) is 0 Å². The van der Waals surface area contributed by atoms with Crippen molar-refractivity contribution in [3.63, 3.8) is 0 Å². The van der Waals surface area contributed by atoms with Crippen LogP contribution in [0.5, 0.6) is 5.75 Å². The number of hydrogen-bond donors (Lipinski definition) is 3. The molecule has 0 unspecified atom stereocenters. The average Bonchev–Trinajstić information content (AvgIpc) is 2.88. The van der Waals surface area contributed by atoms with Crippen LogP contribution in [0.15, 0.2) is 24.4 Å². The van der Waals surface area contributed by atoms with Gasteiger partial charge in [0, 0.05) is 24.9 Å². The molecule has 0 radical (unpaired) electrons. The van der Waals surface area contributed by atoms with Crippen molar-refractivity contribution in [1.29, 1.82) is 0 Å². The standard InChI is InChI=1S/C18H22N2O6/c1-10(21)25-14-7-5-6-12-11(9-19-15(12)14)8-13(16(22)23)20-17(24)26-18(2,3)4/h5-7,9,13,19H,8H2,1-4H3,(H,20,24)(H,22,23)/t13-/m0/s1. The van der Waals surface area contributed by atoms with Gasteiger partial charge in [-0.05, 0) is 32.4 Å². The van der Waals surface area contributed by atoms with Gasteiger partial charge < -0.3 is 24.9 Å². The molecule has 0 saturated carbocycles. The van der Waals surface area contributed by atoms with Crippen molar-refractivity contribution in [3.05, 3.63) is 30.0 Å². The lowest BCUT2D eigenvalue weighted by molar-refractivity contribution is -0.139.